The van der Waals surface area contributed by atoms with Crippen LogP contribution in [0.3, 0.4) is 0 Å². The van der Waals surface area contributed by atoms with Crippen molar-refractivity contribution in [2.24, 2.45) is 11.5 Å². The van der Waals surface area contributed by atoms with Crippen LogP contribution in [0, 0.1) is 0 Å². The molecule has 124 valence electrons. The summed E-state index contributed by atoms with van der Waals surface area (Å²) in [6.45, 7) is 4.21. The van der Waals surface area contributed by atoms with E-state index < -0.39 is 0 Å². The maximum absolute atomic E-state index is 6.10. The van der Waals surface area contributed by atoms with Gasteiger partial charge in [0.25, 0.3) is 0 Å². The molecule has 4 N–H and O–H groups in total. The van der Waals surface area contributed by atoms with Crippen molar-refractivity contribution >= 4 is 48.0 Å². The van der Waals surface area contributed by atoms with Crippen molar-refractivity contribution in [3.05, 3.63) is 33.8 Å². The van der Waals surface area contributed by atoms with E-state index in [-0.39, 0.29) is 36.9 Å². The van der Waals surface area contributed by atoms with Crippen LogP contribution in [0.25, 0.3) is 0 Å². The van der Waals surface area contributed by atoms with E-state index >= 15 is 0 Å². The highest BCUT2D eigenvalue weighted by atomic mass is 35.5. The van der Waals surface area contributed by atoms with Crippen molar-refractivity contribution in [3.8, 4) is 0 Å². The zero-order valence-electron chi connectivity index (χ0n) is 12.5. The molecule has 0 spiro atoms. The highest BCUT2D eigenvalue weighted by Gasteiger charge is 2.18. The molecule has 0 saturated carbocycles. The Morgan fingerprint density at radius 1 is 0.905 bits per heavy atom. The summed E-state index contributed by atoms with van der Waals surface area (Å²) in [5.41, 5.74) is 13.4. The van der Waals surface area contributed by atoms with E-state index in [0.29, 0.717) is 16.0 Å². The van der Waals surface area contributed by atoms with E-state index in [4.69, 9.17) is 34.7 Å². The summed E-state index contributed by atoms with van der Waals surface area (Å²) >= 11 is 12.1. The van der Waals surface area contributed by atoms with Gasteiger partial charge in [-0.25, -0.2) is 0 Å². The first kappa shape index (κ1) is 23.6. The van der Waals surface area contributed by atoms with Gasteiger partial charge in [0.2, 0.25) is 0 Å². The third kappa shape index (κ3) is 7.92. The monoisotopic (exact) mass is 374 g/mol. The molecule has 1 aromatic rings. The van der Waals surface area contributed by atoms with Gasteiger partial charge < -0.3 is 11.5 Å². The number of halogens is 4. The van der Waals surface area contributed by atoms with Crippen molar-refractivity contribution in [1.82, 2.24) is 0 Å². The SMILES string of the molecule is CCC(N)CC(CC(N)CC)c1ccc(Cl)c(Cl)c1.Cl.Cl. The van der Waals surface area contributed by atoms with Gasteiger partial charge in [-0.05, 0) is 49.3 Å². The second-order valence-corrected chi connectivity index (χ2v) is 5.99. The molecule has 0 saturated heterocycles. The van der Waals surface area contributed by atoms with Crippen molar-refractivity contribution in [3.63, 3.8) is 0 Å². The Morgan fingerprint density at radius 3 is 1.76 bits per heavy atom. The summed E-state index contributed by atoms with van der Waals surface area (Å²) in [4.78, 5) is 0. The van der Waals surface area contributed by atoms with Crippen molar-refractivity contribution in [2.45, 2.75) is 57.5 Å². The fourth-order valence-corrected chi connectivity index (χ4v) is 2.51. The van der Waals surface area contributed by atoms with Gasteiger partial charge in [-0.2, -0.15) is 0 Å². The molecule has 2 atom stereocenters. The van der Waals surface area contributed by atoms with Gasteiger partial charge in [0.1, 0.15) is 0 Å². The Labute approximate surface area is 150 Å². The first-order valence-electron chi connectivity index (χ1n) is 6.94. The smallest absolute Gasteiger partial charge is 0.0595 e. The lowest BCUT2D eigenvalue weighted by Crippen LogP contribution is -2.27. The zero-order chi connectivity index (χ0) is 14.4. The quantitative estimate of drug-likeness (QED) is 0.689. The summed E-state index contributed by atoms with van der Waals surface area (Å²) in [7, 11) is 0. The van der Waals surface area contributed by atoms with Gasteiger partial charge in [-0.3, -0.25) is 0 Å². The third-order valence-corrected chi connectivity index (χ3v) is 4.38. The van der Waals surface area contributed by atoms with E-state index in [0.717, 1.165) is 25.7 Å². The second kappa shape index (κ2) is 11.8. The van der Waals surface area contributed by atoms with Crippen LogP contribution in [0.5, 0.6) is 0 Å². The van der Waals surface area contributed by atoms with Crippen molar-refractivity contribution in [1.29, 1.82) is 0 Å². The first-order chi connectivity index (χ1) is 8.97. The fourth-order valence-electron chi connectivity index (χ4n) is 2.20. The predicted octanol–water partition coefficient (Wildman–Crippen LogP) is 5.18. The van der Waals surface area contributed by atoms with Crippen molar-refractivity contribution in [2.75, 3.05) is 0 Å². The summed E-state index contributed by atoms with van der Waals surface area (Å²) in [6.07, 6.45) is 3.81. The molecule has 0 aliphatic carbocycles. The zero-order valence-corrected chi connectivity index (χ0v) is 15.7. The maximum atomic E-state index is 6.10. The van der Waals surface area contributed by atoms with E-state index in [9.17, 15) is 0 Å². The number of hydrogen-bond donors (Lipinski definition) is 2. The number of hydrogen-bond acceptors (Lipinski definition) is 2. The van der Waals surface area contributed by atoms with Crippen LogP contribution in [0.2, 0.25) is 10.0 Å². The number of nitrogens with two attached hydrogens (primary N) is 2. The fraction of sp³-hybridized carbons (Fsp3) is 0.600. The predicted molar refractivity (Wildman–Crippen MR) is 99.5 cm³/mol. The third-order valence-electron chi connectivity index (χ3n) is 3.64. The minimum atomic E-state index is 0. The number of rotatable bonds is 7. The van der Waals surface area contributed by atoms with Crippen LogP contribution in [-0.4, -0.2) is 12.1 Å². The summed E-state index contributed by atoms with van der Waals surface area (Å²) in [5, 5.41) is 1.18. The molecule has 6 heteroatoms. The van der Waals surface area contributed by atoms with Gasteiger partial charge >= 0.3 is 0 Å². The van der Waals surface area contributed by atoms with Crippen molar-refractivity contribution < 1.29 is 0 Å². The van der Waals surface area contributed by atoms with E-state index in [1.165, 1.54) is 5.56 Å². The molecule has 0 radical (unpaired) electrons. The average molecular weight is 376 g/mol. The van der Waals surface area contributed by atoms with Gasteiger partial charge in [0, 0.05) is 12.1 Å². The summed E-state index contributed by atoms with van der Waals surface area (Å²) in [6, 6.07) is 6.22. The molecule has 0 fully saturated rings. The summed E-state index contributed by atoms with van der Waals surface area (Å²) in [5.74, 6) is 0.347. The highest BCUT2D eigenvalue weighted by molar-refractivity contribution is 6.42. The standard InChI is InChI=1S/C15H24Cl2N2.2ClH/c1-3-12(18)7-11(8-13(19)4-2)10-5-6-14(16)15(17)9-10;;/h5-6,9,11-13H,3-4,7-8,18-19H2,1-2H3;2*1H. The van der Waals surface area contributed by atoms with Crippen LogP contribution >= 0.6 is 48.0 Å². The molecular formula is C15H26Cl4N2. The minimum absolute atomic E-state index is 0. The Balaban J connectivity index is 0. The molecular weight excluding hydrogens is 350 g/mol. The lowest BCUT2D eigenvalue weighted by molar-refractivity contribution is 0.447. The average Bonchev–Trinajstić information content (AvgIpc) is 2.40. The molecule has 21 heavy (non-hydrogen) atoms. The first-order valence-corrected chi connectivity index (χ1v) is 7.69. The molecule has 0 amide bonds. The minimum Gasteiger partial charge on any atom is -0.328 e. The van der Waals surface area contributed by atoms with E-state index in [1.54, 1.807) is 0 Å². The van der Waals surface area contributed by atoms with Crippen LogP contribution in [0.4, 0.5) is 0 Å². The van der Waals surface area contributed by atoms with Gasteiger partial charge in [-0.15, -0.1) is 24.8 Å². The second-order valence-electron chi connectivity index (χ2n) is 5.18. The van der Waals surface area contributed by atoms with E-state index in [2.05, 4.69) is 13.8 Å². The molecule has 1 aromatic carbocycles. The lowest BCUT2D eigenvalue weighted by atomic mass is 9.86. The largest absolute Gasteiger partial charge is 0.328 e. The molecule has 1 rings (SSSR count). The van der Waals surface area contributed by atoms with Crippen LogP contribution in [-0.2, 0) is 0 Å². The van der Waals surface area contributed by atoms with Crippen LogP contribution < -0.4 is 11.5 Å². The Kier molecular flexibility index (Phi) is 13.3. The topological polar surface area (TPSA) is 52.0 Å². The molecule has 0 heterocycles. The highest BCUT2D eigenvalue weighted by Crippen LogP contribution is 2.31. The van der Waals surface area contributed by atoms with Gasteiger partial charge in [0.15, 0.2) is 0 Å². The van der Waals surface area contributed by atoms with Crippen LogP contribution in [0.1, 0.15) is 51.0 Å². The Morgan fingerprint density at radius 2 is 1.38 bits per heavy atom. The molecule has 2 nitrogen and oxygen atoms in total. The van der Waals surface area contributed by atoms with Crippen LogP contribution in [0.15, 0.2) is 18.2 Å². The normalized spacial score (nSPS) is 14.6. The lowest BCUT2D eigenvalue weighted by Gasteiger charge is -2.24. The molecule has 0 aromatic heterocycles. The van der Waals surface area contributed by atoms with Gasteiger partial charge in [-0.1, -0.05) is 43.1 Å². The molecule has 2 unspecified atom stereocenters. The molecule has 0 bridgehead atoms. The Hall–Kier alpha value is 0.300. The Bertz CT molecular complexity index is 389. The maximum Gasteiger partial charge on any atom is 0.0595 e. The molecule has 0 aliphatic heterocycles. The summed E-state index contributed by atoms with van der Waals surface area (Å²) < 4.78 is 0. The van der Waals surface area contributed by atoms with Gasteiger partial charge in [0.05, 0.1) is 10.0 Å². The molecule has 0 aliphatic rings. The number of benzene rings is 1. The van der Waals surface area contributed by atoms with E-state index in [1.807, 2.05) is 18.2 Å².